The fourth-order valence-corrected chi connectivity index (χ4v) is 1.20. The molecule has 0 atom stereocenters. The molecule has 6 heteroatoms. The van der Waals surface area contributed by atoms with Crippen molar-refractivity contribution in [2.45, 2.75) is 26.3 Å². The van der Waals surface area contributed by atoms with E-state index in [0.717, 1.165) is 0 Å². The molecule has 0 spiro atoms. The van der Waals surface area contributed by atoms with Gasteiger partial charge in [0.25, 0.3) is 0 Å². The first-order valence-electron chi connectivity index (χ1n) is 4.40. The Morgan fingerprint density at radius 3 is 2.60 bits per heavy atom. The molecule has 5 nitrogen and oxygen atoms in total. The molecule has 1 aromatic rings. The van der Waals surface area contributed by atoms with Gasteiger partial charge in [-0.05, 0) is 20.8 Å². The Hall–Kier alpha value is -1.36. The van der Waals surface area contributed by atoms with E-state index in [2.05, 4.69) is 15.3 Å². The van der Waals surface area contributed by atoms with Gasteiger partial charge in [0.2, 0.25) is 5.91 Å². The topological polar surface area (TPSA) is 80.9 Å². The number of nitrogens with zero attached hydrogens (tertiary/aromatic N) is 2. The van der Waals surface area contributed by atoms with Crippen LogP contribution in [0.1, 0.15) is 19.7 Å². The molecule has 3 N–H and O–H groups in total. The van der Waals surface area contributed by atoms with E-state index in [9.17, 15) is 4.79 Å². The molecule has 82 valence electrons. The standard InChI is InChI=1S/C9H13ClN4O/c1-5-12-6(10)4-7(13-5)14-9(2,3)8(11)15/h4H,1-3H3,(H2,11,15)(H,12,13,14). The summed E-state index contributed by atoms with van der Waals surface area (Å²) < 4.78 is 0. The Bertz CT molecular complexity index is 371. The summed E-state index contributed by atoms with van der Waals surface area (Å²) in [5, 5.41) is 3.21. The molecule has 1 heterocycles. The van der Waals surface area contributed by atoms with E-state index in [-0.39, 0.29) is 0 Å². The molecule has 0 radical (unpaired) electrons. The second-order valence-corrected chi connectivity index (χ2v) is 4.12. The van der Waals surface area contributed by atoms with E-state index < -0.39 is 11.4 Å². The van der Waals surface area contributed by atoms with Gasteiger partial charge in [0.05, 0.1) is 0 Å². The number of primary amides is 1. The molecule has 0 fully saturated rings. The maximum Gasteiger partial charge on any atom is 0.242 e. The molecule has 0 aliphatic carbocycles. The van der Waals surface area contributed by atoms with Gasteiger partial charge in [0.1, 0.15) is 22.3 Å². The van der Waals surface area contributed by atoms with E-state index >= 15 is 0 Å². The Labute approximate surface area is 93.0 Å². The number of nitrogens with one attached hydrogen (secondary N) is 1. The number of carbonyl (C=O) groups excluding carboxylic acids is 1. The van der Waals surface area contributed by atoms with Gasteiger partial charge in [-0.1, -0.05) is 11.6 Å². The maximum absolute atomic E-state index is 11.1. The van der Waals surface area contributed by atoms with Crippen LogP contribution < -0.4 is 11.1 Å². The van der Waals surface area contributed by atoms with Crippen molar-refractivity contribution in [2.75, 3.05) is 5.32 Å². The van der Waals surface area contributed by atoms with Gasteiger partial charge < -0.3 is 11.1 Å². The lowest BCUT2D eigenvalue weighted by Crippen LogP contribution is -2.45. The molecule has 0 aromatic carbocycles. The second-order valence-electron chi connectivity index (χ2n) is 3.74. The van der Waals surface area contributed by atoms with Gasteiger partial charge >= 0.3 is 0 Å². The summed E-state index contributed by atoms with van der Waals surface area (Å²) in [7, 11) is 0. The fraction of sp³-hybridized carbons (Fsp3) is 0.444. The van der Waals surface area contributed by atoms with E-state index in [0.29, 0.717) is 16.8 Å². The predicted molar refractivity (Wildman–Crippen MR) is 58.7 cm³/mol. The molecule has 0 aliphatic rings. The first-order chi connectivity index (χ1) is 6.81. The highest BCUT2D eigenvalue weighted by atomic mass is 35.5. The molecule has 0 saturated heterocycles. The van der Waals surface area contributed by atoms with Crippen LogP contribution in [0.3, 0.4) is 0 Å². The van der Waals surface area contributed by atoms with E-state index in [1.807, 2.05) is 0 Å². The highest BCUT2D eigenvalue weighted by Gasteiger charge is 2.25. The van der Waals surface area contributed by atoms with Gasteiger partial charge in [0.15, 0.2) is 0 Å². The summed E-state index contributed by atoms with van der Waals surface area (Å²) in [5.41, 5.74) is 4.35. The minimum absolute atomic E-state index is 0.324. The minimum atomic E-state index is -0.871. The van der Waals surface area contributed by atoms with Crippen LogP contribution in [0.2, 0.25) is 5.15 Å². The Balaban J connectivity index is 2.94. The molecular weight excluding hydrogens is 216 g/mol. The molecule has 0 aliphatic heterocycles. The third-order valence-corrected chi connectivity index (χ3v) is 2.06. The average molecular weight is 229 g/mol. The van der Waals surface area contributed by atoms with Crippen LogP contribution in [0.4, 0.5) is 5.82 Å². The summed E-state index contributed by atoms with van der Waals surface area (Å²) in [6, 6.07) is 1.54. The predicted octanol–water partition coefficient (Wildman–Crippen LogP) is 1.11. The van der Waals surface area contributed by atoms with E-state index in [1.54, 1.807) is 26.8 Å². The molecule has 0 unspecified atom stereocenters. The van der Waals surface area contributed by atoms with Crippen molar-refractivity contribution in [1.82, 2.24) is 9.97 Å². The first kappa shape index (κ1) is 11.7. The number of nitrogens with two attached hydrogens (primary N) is 1. The zero-order chi connectivity index (χ0) is 11.6. The molecule has 1 aromatic heterocycles. The molecule has 1 rings (SSSR count). The van der Waals surface area contributed by atoms with Crippen molar-refractivity contribution >= 4 is 23.3 Å². The molecule has 0 bridgehead atoms. The number of amides is 1. The number of aryl methyl sites for hydroxylation is 1. The van der Waals surface area contributed by atoms with Crippen LogP contribution in [0, 0.1) is 6.92 Å². The number of halogens is 1. The van der Waals surface area contributed by atoms with Crippen LogP contribution in [-0.2, 0) is 4.79 Å². The van der Waals surface area contributed by atoms with Gasteiger partial charge in [-0.15, -0.1) is 0 Å². The summed E-state index contributed by atoms with van der Waals surface area (Å²) in [5.74, 6) is 0.552. The van der Waals surface area contributed by atoms with Gasteiger partial charge in [-0.2, -0.15) is 0 Å². The zero-order valence-corrected chi connectivity index (χ0v) is 9.59. The number of anilines is 1. The number of hydrogen-bond acceptors (Lipinski definition) is 4. The first-order valence-corrected chi connectivity index (χ1v) is 4.78. The average Bonchev–Trinajstić information content (AvgIpc) is 1.99. The van der Waals surface area contributed by atoms with Crippen molar-refractivity contribution in [3.63, 3.8) is 0 Å². The molecule has 1 amide bonds. The fourth-order valence-electron chi connectivity index (χ4n) is 0.977. The van der Waals surface area contributed by atoms with Crippen LogP contribution in [0.25, 0.3) is 0 Å². The highest BCUT2D eigenvalue weighted by Crippen LogP contribution is 2.15. The largest absolute Gasteiger partial charge is 0.368 e. The normalized spacial score (nSPS) is 11.2. The Morgan fingerprint density at radius 1 is 1.53 bits per heavy atom. The van der Waals surface area contributed by atoms with E-state index in [1.165, 1.54) is 0 Å². The monoisotopic (exact) mass is 228 g/mol. The number of hydrogen-bond donors (Lipinski definition) is 2. The van der Waals surface area contributed by atoms with Crippen molar-refractivity contribution in [3.8, 4) is 0 Å². The van der Waals surface area contributed by atoms with Crippen molar-refractivity contribution in [1.29, 1.82) is 0 Å². The van der Waals surface area contributed by atoms with Gasteiger partial charge in [-0.3, -0.25) is 4.79 Å². The van der Waals surface area contributed by atoms with E-state index in [4.69, 9.17) is 17.3 Å². The highest BCUT2D eigenvalue weighted by molar-refractivity contribution is 6.29. The summed E-state index contributed by atoms with van der Waals surface area (Å²) >= 11 is 5.75. The lowest BCUT2D eigenvalue weighted by atomic mass is 10.1. The summed E-state index contributed by atoms with van der Waals surface area (Å²) in [6.45, 7) is 5.05. The maximum atomic E-state index is 11.1. The van der Waals surface area contributed by atoms with Crippen molar-refractivity contribution in [2.24, 2.45) is 5.73 Å². The summed E-state index contributed by atoms with van der Waals surface area (Å²) in [4.78, 5) is 19.1. The molecule has 0 saturated carbocycles. The third kappa shape index (κ3) is 3.06. The van der Waals surface area contributed by atoms with Crippen molar-refractivity contribution < 1.29 is 4.79 Å². The second kappa shape index (κ2) is 4.02. The SMILES string of the molecule is Cc1nc(Cl)cc(NC(C)(C)C(N)=O)n1. The number of carbonyl (C=O) groups is 1. The van der Waals surface area contributed by atoms with Crippen molar-refractivity contribution in [3.05, 3.63) is 17.0 Å². The number of rotatable bonds is 3. The molecule has 15 heavy (non-hydrogen) atoms. The van der Waals surface area contributed by atoms with Gasteiger partial charge in [0, 0.05) is 6.07 Å². The lowest BCUT2D eigenvalue weighted by molar-refractivity contribution is -0.121. The Kier molecular flexibility index (Phi) is 3.14. The quantitative estimate of drug-likeness (QED) is 0.760. The lowest BCUT2D eigenvalue weighted by Gasteiger charge is -2.22. The summed E-state index contributed by atoms with van der Waals surface area (Å²) in [6.07, 6.45) is 0. The zero-order valence-electron chi connectivity index (χ0n) is 8.84. The van der Waals surface area contributed by atoms with Crippen LogP contribution in [0.5, 0.6) is 0 Å². The minimum Gasteiger partial charge on any atom is -0.368 e. The van der Waals surface area contributed by atoms with Crippen LogP contribution >= 0.6 is 11.6 Å². The van der Waals surface area contributed by atoms with Gasteiger partial charge in [-0.25, -0.2) is 9.97 Å². The van der Waals surface area contributed by atoms with Crippen LogP contribution in [-0.4, -0.2) is 21.4 Å². The molecular formula is C9H13ClN4O. The number of aromatic nitrogens is 2. The third-order valence-electron chi connectivity index (χ3n) is 1.86. The Morgan fingerprint density at radius 2 is 2.13 bits per heavy atom. The smallest absolute Gasteiger partial charge is 0.242 e. The van der Waals surface area contributed by atoms with Crippen LogP contribution in [0.15, 0.2) is 6.07 Å².